The molecule has 3 aromatic carbocycles. The monoisotopic (exact) mass is 407 g/mol. The number of rotatable bonds is 2. The van der Waals surface area contributed by atoms with Gasteiger partial charge in [0.05, 0.1) is 16.4 Å². The largest absolute Gasteiger partial charge is 0.370 e. The van der Waals surface area contributed by atoms with Gasteiger partial charge in [-0.3, -0.25) is 0 Å². The Kier molecular flexibility index (Phi) is 4.50. The number of benzene rings is 3. The lowest BCUT2D eigenvalue weighted by Crippen LogP contribution is -2.07. The minimum atomic E-state index is 0.591. The first-order valence-electron chi connectivity index (χ1n) is 9.52. The molecule has 1 aliphatic rings. The molecule has 5 heteroatoms. The summed E-state index contributed by atoms with van der Waals surface area (Å²) >= 11 is 12.6. The Morgan fingerprint density at radius 1 is 0.929 bits per heavy atom. The molecule has 0 unspecified atom stereocenters. The number of anilines is 1. The van der Waals surface area contributed by atoms with Crippen LogP contribution in [0, 0.1) is 0 Å². The molecule has 2 heterocycles. The smallest absolute Gasteiger partial charge is 0.133 e. The molecule has 0 spiro atoms. The second kappa shape index (κ2) is 7.16. The van der Waals surface area contributed by atoms with E-state index < -0.39 is 0 Å². The summed E-state index contributed by atoms with van der Waals surface area (Å²) in [6, 6.07) is 20.4. The second-order valence-electron chi connectivity index (χ2n) is 7.09. The van der Waals surface area contributed by atoms with E-state index in [4.69, 9.17) is 28.3 Å². The third kappa shape index (κ3) is 2.95. The zero-order valence-electron chi connectivity index (χ0n) is 15.3. The van der Waals surface area contributed by atoms with E-state index in [9.17, 15) is 0 Å². The predicted octanol–water partition coefficient (Wildman–Crippen LogP) is 6.75. The number of halogens is 2. The van der Waals surface area contributed by atoms with E-state index in [1.54, 1.807) is 6.07 Å². The molecule has 3 nitrogen and oxygen atoms in total. The lowest BCUT2D eigenvalue weighted by molar-refractivity contribution is 0.780. The maximum atomic E-state index is 6.52. The van der Waals surface area contributed by atoms with E-state index in [0.29, 0.717) is 10.0 Å². The van der Waals surface area contributed by atoms with Gasteiger partial charge in [-0.2, -0.15) is 5.10 Å². The van der Waals surface area contributed by atoms with Crippen LogP contribution in [0.3, 0.4) is 0 Å². The molecule has 0 fully saturated rings. The average molecular weight is 408 g/mol. The van der Waals surface area contributed by atoms with E-state index in [0.717, 1.165) is 48.6 Å². The lowest BCUT2D eigenvalue weighted by Gasteiger charge is -2.10. The first-order valence-corrected chi connectivity index (χ1v) is 10.3. The van der Waals surface area contributed by atoms with Crippen LogP contribution in [0.4, 0.5) is 5.82 Å². The van der Waals surface area contributed by atoms with Gasteiger partial charge in [-0.1, -0.05) is 65.7 Å². The summed E-state index contributed by atoms with van der Waals surface area (Å²) in [6.45, 7) is 0.929. The molecule has 1 N–H and O–H groups in total. The highest BCUT2D eigenvalue weighted by Crippen LogP contribution is 2.38. The molecule has 0 aliphatic carbocycles. The van der Waals surface area contributed by atoms with Crippen molar-refractivity contribution in [2.45, 2.75) is 19.3 Å². The van der Waals surface area contributed by atoms with Crippen LogP contribution < -0.4 is 5.32 Å². The fourth-order valence-electron chi connectivity index (χ4n) is 3.98. The number of hydrogen-bond donors (Lipinski definition) is 1. The highest BCUT2D eigenvalue weighted by atomic mass is 35.5. The van der Waals surface area contributed by atoms with Gasteiger partial charge >= 0.3 is 0 Å². The molecule has 4 aromatic rings. The molecule has 5 rings (SSSR count). The molecule has 0 atom stereocenters. The molecule has 0 amide bonds. The fourth-order valence-corrected chi connectivity index (χ4v) is 4.47. The number of fused-ring (bicyclic) bond motifs is 2. The molecule has 0 saturated carbocycles. The maximum absolute atomic E-state index is 6.52. The summed E-state index contributed by atoms with van der Waals surface area (Å²) in [4.78, 5) is 0. The van der Waals surface area contributed by atoms with E-state index in [1.165, 1.54) is 16.3 Å². The van der Waals surface area contributed by atoms with Gasteiger partial charge in [-0.25, -0.2) is 4.68 Å². The van der Waals surface area contributed by atoms with Crippen molar-refractivity contribution in [3.8, 4) is 16.9 Å². The van der Waals surface area contributed by atoms with E-state index in [2.05, 4.69) is 47.8 Å². The summed E-state index contributed by atoms with van der Waals surface area (Å²) in [5.41, 5.74) is 4.26. The molecule has 0 radical (unpaired) electrons. The van der Waals surface area contributed by atoms with Crippen LogP contribution in [0.15, 0.2) is 60.7 Å². The number of nitrogens with one attached hydrogen (secondary N) is 1. The fraction of sp³-hybridized carbons (Fsp3) is 0.174. The molecule has 1 aliphatic heterocycles. The van der Waals surface area contributed by atoms with Gasteiger partial charge in [-0.05, 0) is 48.2 Å². The van der Waals surface area contributed by atoms with Crippen LogP contribution in [0.2, 0.25) is 10.0 Å². The summed E-state index contributed by atoms with van der Waals surface area (Å²) in [5, 5.41) is 12.3. The van der Waals surface area contributed by atoms with Crippen molar-refractivity contribution in [3.63, 3.8) is 0 Å². The second-order valence-corrected chi connectivity index (χ2v) is 7.94. The van der Waals surface area contributed by atoms with Crippen molar-refractivity contribution in [3.05, 3.63) is 76.3 Å². The minimum Gasteiger partial charge on any atom is -0.370 e. The van der Waals surface area contributed by atoms with Gasteiger partial charge in [0.1, 0.15) is 5.82 Å². The van der Waals surface area contributed by atoms with E-state index >= 15 is 0 Å². The molecule has 0 saturated heterocycles. The normalized spacial score (nSPS) is 13.8. The van der Waals surface area contributed by atoms with Crippen molar-refractivity contribution < 1.29 is 0 Å². The summed E-state index contributed by atoms with van der Waals surface area (Å²) in [5.74, 6) is 1.03. The van der Waals surface area contributed by atoms with Crippen LogP contribution in [0.25, 0.3) is 27.7 Å². The first-order chi connectivity index (χ1) is 13.7. The Bertz CT molecular complexity index is 1170. The van der Waals surface area contributed by atoms with Crippen molar-refractivity contribution in [2.75, 3.05) is 11.9 Å². The molecule has 140 valence electrons. The predicted molar refractivity (Wildman–Crippen MR) is 118 cm³/mol. The maximum Gasteiger partial charge on any atom is 0.133 e. The topological polar surface area (TPSA) is 29.9 Å². The van der Waals surface area contributed by atoms with Crippen LogP contribution in [0.5, 0.6) is 0 Å². The van der Waals surface area contributed by atoms with Gasteiger partial charge in [0.2, 0.25) is 0 Å². The van der Waals surface area contributed by atoms with Gasteiger partial charge in [-0.15, -0.1) is 0 Å². The Morgan fingerprint density at radius 3 is 2.68 bits per heavy atom. The van der Waals surface area contributed by atoms with Gasteiger partial charge in [0, 0.05) is 22.7 Å². The number of nitrogens with zero attached hydrogens (tertiary/aromatic N) is 2. The standard InChI is InChI=1S/C23H19Cl2N3/c24-16-11-12-21(20(25)14-16)28-23-19(9-3-4-13-26-23)22(27-28)18-10-5-7-15-6-1-2-8-17(15)18/h1-2,5-8,10-12,14,26H,3-4,9,13H2. The first kappa shape index (κ1) is 17.6. The molecular weight excluding hydrogens is 389 g/mol. The summed E-state index contributed by atoms with van der Waals surface area (Å²) in [7, 11) is 0. The summed E-state index contributed by atoms with van der Waals surface area (Å²) < 4.78 is 1.94. The van der Waals surface area contributed by atoms with E-state index in [-0.39, 0.29) is 0 Å². The Hall–Kier alpha value is -2.49. The zero-order valence-corrected chi connectivity index (χ0v) is 16.8. The average Bonchev–Trinajstić information content (AvgIpc) is 2.88. The quantitative estimate of drug-likeness (QED) is 0.398. The zero-order chi connectivity index (χ0) is 19.1. The van der Waals surface area contributed by atoms with Crippen molar-refractivity contribution >= 4 is 39.8 Å². The highest BCUT2D eigenvalue weighted by molar-refractivity contribution is 6.35. The van der Waals surface area contributed by atoms with Crippen LogP contribution >= 0.6 is 23.2 Å². The number of aromatic nitrogens is 2. The SMILES string of the molecule is Clc1ccc(-n2nc(-c3cccc4ccccc34)c3c2NCCCC3)c(Cl)c1. The van der Waals surface area contributed by atoms with Crippen molar-refractivity contribution in [1.29, 1.82) is 0 Å². The third-order valence-electron chi connectivity index (χ3n) is 5.31. The van der Waals surface area contributed by atoms with Crippen molar-refractivity contribution in [1.82, 2.24) is 9.78 Å². The molecule has 28 heavy (non-hydrogen) atoms. The van der Waals surface area contributed by atoms with Crippen molar-refractivity contribution in [2.24, 2.45) is 0 Å². The molecule has 1 aromatic heterocycles. The van der Waals surface area contributed by atoms with Crippen LogP contribution in [-0.4, -0.2) is 16.3 Å². The highest BCUT2D eigenvalue weighted by Gasteiger charge is 2.23. The van der Waals surface area contributed by atoms with Crippen LogP contribution in [0.1, 0.15) is 18.4 Å². The summed E-state index contributed by atoms with van der Waals surface area (Å²) in [6.07, 6.45) is 3.27. The minimum absolute atomic E-state index is 0.591. The van der Waals surface area contributed by atoms with Gasteiger partial charge in [0.25, 0.3) is 0 Å². The Labute approximate surface area is 173 Å². The third-order valence-corrected chi connectivity index (χ3v) is 5.85. The van der Waals surface area contributed by atoms with Gasteiger partial charge < -0.3 is 5.32 Å². The van der Waals surface area contributed by atoms with E-state index in [1.807, 2.05) is 16.8 Å². The van der Waals surface area contributed by atoms with Crippen LogP contribution in [-0.2, 0) is 6.42 Å². The van der Waals surface area contributed by atoms with Gasteiger partial charge in [0.15, 0.2) is 0 Å². The Morgan fingerprint density at radius 2 is 1.79 bits per heavy atom. The molecule has 0 bridgehead atoms. The lowest BCUT2D eigenvalue weighted by atomic mass is 9.98. The number of hydrogen-bond acceptors (Lipinski definition) is 2. The molecular formula is C23H19Cl2N3. The Balaban J connectivity index is 1.78.